The molecule has 1 aliphatic rings. The second kappa shape index (κ2) is 6.04. The van der Waals surface area contributed by atoms with Gasteiger partial charge in [0.15, 0.2) is 0 Å². The summed E-state index contributed by atoms with van der Waals surface area (Å²) < 4.78 is 40.9. The van der Waals surface area contributed by atoms with Crippen molar-refractivity contribution in [3.8, 4) is 0 Å². The van der Waals surface area contributed by atoms with Gasteiger partial charge in [-0.3, -0.25) is 4.90 Å². The Labute approximate surface area is 139 Å². The van der Waals surface area contributed by atoms with Crippen LogP contribution in [0.2, 0.25) is 0 Å². The predicted octanol–water partition coefficient (Wildman–Crippen LogP) is 3.06. The van der Waals surface area contributed by atoms with Crippen LogP contribution in [0, 0.1) is 0 Å². The van der Waals surface area contributed by atoms with E-state index in [0.717, 1.165) is 43.6 Å². The quantitative estimate of drug-likeness (QED) is 0.912. The Balaban J connectivity index is 2.10. The Kier molecular flexibility index (Phi) is 4.34. The molecule has 4 nitrogen and oxygen atoms in total. The summed E-state index contributed by atoms with van der Waals surface area (Å²) in [6, 6.07) is 2.56. The molecule has 1 N–H and O–H groups in total. The normalized spacial score (nSPS) is 17.6. The number of hydrogen-bond donors (Lipinski definition) is 1. The summed E-state index contributed by atoms with van der Waals surface area (Å²) in [5.41, 5.74) is 1.41. The molecule has 132 valence electrons. The minimum atomic E-state index is -4.35. The Hall–Kier alpha value is -1.60. The molecule has 0 spiro atoms. The molecule has 0 saturated carbocycles. The van der Waals surface area contributed by atoms with Crippen LogP contribution in [0.1, 0.15) is 37.7 Å². The highest BCUT2D eigenvalue weighted by molar-refractivity contribution is 5.46. The van der Waals surface area contributed by atoms with Crippen molar-refractivity contribution in [2.24, 2.45) is 0 Å². The third-order valence-electron chi connectivity index (χ3n) is 4.34. The van der Waals surface area contributed by atoms with Gasteiger partial charge in [0, 0.05) is 44.3 Å². The van der Waals surface area contributed by atoms with Gasteiger partial charge in [-0.15, -0.1) is 0 Å². The fourth-order valence-electron chi connectivity index (χ4n) is 3.09. The van der Waals surface area contributed by atoms with E-state index in [1.54, 1.807) is 4.40 Å². The number of nitrogens with zero attached hydrogens (tertiary/aromatic N) is 3. The number of hydrogen-bond acceptors (Lipinski definition) is 3. The second-order valence-electron chi connectivity index (χ2n) is 7.33. The van der Waals surface area contributed by atoms with Crippen LogP contribution in [0.15, 0.2) is 18.3 Å². The van der Waals surface area contributed by atoms with Crippen LogP contribution in [0.25, 0.3) is 5.65 Å². The van der Waals surface area contributed by atoms with Crippen molar-refractivity contribution < 1.29 is 13.2 Å². The smallest absolute Gasteiger partial charge is 0.314 e. The number of pyridine rings is 1. The average molecular weight is 340 g/mol. The summed E-state index contributed by atoms with van der Waals surface area (Å²) in [5, 5.41) is 3.29. The lowest BCUT2D eigenvalue weighted by Crippen LogP contribution is -2.43. The lowest BCUT2D eigenvalue weighted by atomic mass is 9.90. The standard InChI is InChI=1S/C17H23F3N4/c1-16(2,3)15-13(11-23-8-6-21-7-9-23)24-10-12(17(18,19)20)4-5-14(24)22-15/h4-5,10,21H,6-9,11H2,1-3H3. The molecule has 0 aliphatic carbocycles. The molecule has 2 aromatic rings. The Morgan fingerprint density at radius 2 is 1.79 bits per heavy atom. The summed E-state index contributed by atoms with van der Waals surface area (Å²) in [5.74, 6) is 0. The first-order valence-electron chi connectivity index (χ1n) is 8.18. The molecular weight excluding hydrogens is 317 g/mol. The zero-order valence-corrected chi connectivity index (χ0v) is 14.2. The topological polar surface area (TPSA) is 32.6 Å². The van der Waals surface area contributed by atoms with Gasteiger partial charge in [-0.25, -0.2) is 4.98 Å². The Bertz CT molecular complexity index is 722. The first kappa shape index (κ1) is 17.2. The van der Waals surface area contributed by atoms with Crippen LogP contribution in [0.4, 0.5) is 13.2 Å². The van der Waals surface area contributed by atoms with Crippen molar-refractivity contribution in [2.75, 3.05) is 26.2 Å². The highest BCUT2D eigenvalue weighted by Gasteiger charge is 2.32. The molecule has 0 aromatic carbocycles. The molecule has 0 bridgehead atoms. The largest absolute Gasteiger partial charge is 0.417 e. The summed E-state index contributed by atoms with van der Waals surface area (Å²) in [4.78, 5) is 6.89. The fourth-order valence-corrected chi connectivity index (χ4v) is 3.09. The third-order valence-corrected chi connectivity index (χ3v) is 4.34. The van der Waals surface area contributed by atoms with Crippen LogP contribution >= 0.6 is 0 Å². The molecule has 0 radical (unpaired) electrons. The van der Waals surface area contributed by atoms with Crippen LogP contribution in [-0.2, 0) is 18.1 Å². The van der Waals surface area contributed by atoms with E-state index in [1.807, 2.05) is 20.8 Å². The molecule has 2 aromatic heterocycles. The molecular formula is C17H23F3N4. The minimum Gasteiger partial charge on any atom is -0.314 e. The Morgan fingerprint density at radius 1 is 1.12 bits per heavy atom. The number of alkyl halides is 3. The predicted molar refractivity (Wildman–Crippen MR) is 87.0 cm³/mol. The van der Waals surface area contributed by atoms with Crippen molar-refractivity contribution >= 4 is 5.65 Å². The van der Waals surface area contributed by atoms with Crippen LogP contribution < -0.4 is 5.32 Å². The number of fused-ring (bicyclic) bond motifs is 1. The highest BCUT2D eigenvalue weighted by atomic mass is 19.4. The van der Waals surface area contributed by atoms with Gasteiger partial charge < -0.3 is 9.72 Å². The van der Waals surface area contributed by atoms with Crippen molar-refractivity contribution in [1.29, 1.82) is 0 Å². The van der Waals surface area contributed by atoms with Crippen LogP contribution in [-0.4, -0.2) is 40.5 Å². The summed E-state index contributed by atoms with van der Waals surface area (Å²) in [6.07, 6.45) is -3.18. The van der Waals surface area contributed by atoms with Gasteiger partial charge in [-0.1, -0.05) is 20.8 Å². The third kappa shape index (κ3) is 3.42. The molecule has 0 unspecified atom stereocenters. The molecule has 1 aliphatic heterocycles. The number of halogens is 3. The first-order valence-corrected chi connectivity index (χ1v) is 8.18. The zero-order valence-electron chi connectivity index (χ0n) is 14.2. The molecule has 24 heavy (non-hydrogen) atoms. The van der Waals surface area contributed by atoms with E-state index in [2.05, 4.69) is 15.2 Å². The van der Waals surface area contributed by atoms with Gasteiger partial charge in [0.05, 0.1) is 17.0 Å². The zero-order chi connectivity index (χ0) is 17.5. The maximum absolute atomic E-state index is 13.1. The van der Waals surface area contributed by atoms with E-state index < -0.39 is 11.7 Å². The summed E-state index contributed by atoms with van der Waals surface area (Å²) in [6.45, 7) is 10.3. The van der Waals surface area contributed by atoms with Gasteiger partial charge in [-0.05, 0) is 12.1 Å². The van der Waals surface area contributed by atoms with E-state index in [-0.39, 0.29) is 5.41 Å². The molecule has 0 amide bonds. The van der Waals surface area contributed by atoms with E-state index >= 15 is 0 Å². The molecule has 0 atom stereocenters. The van der Waals surface area contributed by atoms with Crippen LogP contribution in [0.5, 0.6) is 0 Å². The van der Waals surface area contributed by atoms with E-state index in [4.69, 9.17) is 0 Å². The maximum Gasteiger partial charge on any atom is 0.417 e. The lowest BCUT2D eigenvalue weighted by molar-refractivity contribution is -0.137. The summed E-state index contributed by atoms with van der Waals surface area (Å²) >= 11 is 0. The lowest BCUT2D eigenvalue weighted by Gasteiger charge is -2.28. The molecule has 7 heteroatoms. The maximum atomic E-state index is 13.1. The monoisotopic (exact) mass is 340 g/mol. The summed E-state index contributed by atoms with van der Waals surface area (Å²) in [7, 11) is 0. The first-order chi connectivity index (χ1) is 11.2. The van der Waals surface area contributed by atoms with Gasteiger partial charge in [-0.2, -0.15) is 13.2 Å². The SMILES string of the molecule is CC(C)(C)c1nc2ccc(C(F)(F)F)cn2c1CN1CCNCC1. The molecule has 1 saturated heterocycles. The van der Waals surface area contributed by atoms with Crippen molar-refractivity contribution in [1.82, 2.24) is 19.6 Å². The number of imidazole rings is 1. The number of rotatable bonds is 2. The van der Waals surface area contributed by atoms with Crippen molar-refractivity contribution in [3.05, 3.63) is 35.3 Å². The van der Waals surface area contributed by atoms with E-state index in [0.29, 0.717) is 12.2 Å². The van der Waals surface area contributed by atoms with E-state index in [1.165, 1.54) is 12.3 Å². The van der Waals surface area contributed by atoms with Gasteiger partial charge in [0.1, 0.15) is 5.65 Å². The molecule has 3 rings (SSSR count). The molecule has 3 heterocycles. The highest BCUT2D eigenvalue weighted by Crippen LogP contribution is 2.32. The van der Waals surface area contributed by atoms with Gasteiger partial charge in [0.2, 0.25) is 0 Å². The van der Waals surface area contributed by atoms with Gasteiger partial charge in [0.25, 0.3) is 0 Å². The minimum absolute atomic E-state index is 0.228. The van der Waals surface area contributed by atoms with Crippen LogP contribution in [0.3, 0.4) is 0 Å². The average Bonchev–Trinajstić information content (AvgIpc) is 2.86. The van der Waals surface area contributed by atoms with Crippen molar-refractivity contribution in [3.63, 3.8) is 0 Å². The number of piperazine rings is 1. The number of nitrogens with one attached hydrogen (secondary N) is 1. The number of aromatic nitrogens is 2. The fraction of sp³-hybridized carbons (Fsp3) is 0.588. The van der Waals surface area contributed by atoms with Gasteiger partial charge >= 0.3 is 6.18 Å². The Morgan fingerprint density at radius 3 is 2.38 bits per heavy atom. The molecule has 1 fully saturated rings. The second-order valence-corrected chi connectivity index (χ2v) is 7.33. The van der Waals surface area contributed by atoms with E-state index in [9.17, 15) is 13.2 Å². The van der Waals surface area contributed by atoms with Crippen molar-refractivity contribution in [2.45, 2.75) is 38.9 Å².